The Morgan fingerprint density at radius 1 is 1.23 bits per heavy atom. The molecular formula is C23H25N3O3S. The minimum absolute atomic E-state index is 0.0346. The molecule has 0 aliphatic carbocycles. The number of ether oxygens (including phenoxy) is 1. The van der Waals surface area contributed by atoms with Gasteiger partial charge in [-0.3, -0.25) is 9.59 Å². The van der Waals surface area contributed by atoms with Crippen molar-refractivity contribution < 1.29 is 14.3 Å². The Morgan fingerprint density at radius 2 is 2.03 bits per heavy atom. The quantitative estimate of drug-likeness (QED) is 0.774. The highest BCUT2D eigenvalue weighted by Gasteiger charge is 2.43. The van der Waals surface area contributed by atoms with E-state index in [-0.39, 0.29) is 23.5 Å². The average molecular weight is 424 g/mol. The zero-order chi connectivity index (χ0) is 20.7. The van der Waals surface area contributed by atoms with Gasteiger partial charge in [0.25, 0.3) is 5.91 Å². The predicted molar refractivity (Wildman–Crippen MR) is 117 cm³/mol. The summed E-state index contributed by atoms with van der Waals surface area (Å²) in [4.78, 5) is 28.2. The second kappa shape index (κ2) is 7.63. The summed E-state index contributed by atoms with van der Waals surface area (Å²) in [5.74, 6) is 1.11. The van der Waals surface area contributed by atoms with Gasteiger partial charge in [-0.1, -0.05) is 18.2 Å². The van der Waals surface area contributed by atoms with Crippen molar-refractivity contribution in [1.82, 2.24) is 10.2 Å². The standard InChI is InChI=1S/C23H25N3O3S/c1-26-10-8-23(9-11-26)13-18(16-4-2-3-5-19(16)29-23)25-22(28)15-6-7-20-17(12-15)24-21(27)14-30-20/h2-7,12,18H,8-11,13-14H2,1H3,(H,24,27)(H,25,28). The van der Waals surface area contributed by atoms with Crippen LogP contribution >= 0.6 is 11.8 Å². The van der Waals surface area contributed by atoms with E-state index in [4.69, 9.17) is 4.74 Å². The second-order valence-electron chi connectivity index (χ2n) is 8.40. The van der Waals surface area contributed by atoms with Crippen LogP contribution in [0.3, 0.4) is 0 Å². The zero-order valence-electron chi connectivity index (χ0n) is 16.9. The summed E-state index contributed by atoms with van der Waals surface area (Å²) in [6.45, 7) is 1.98. The van der Waals surface area contributed by atoms with Gasteiger partial charge in [-0.05, 0) is 44.2 Å². The van der Waals surface area contributed by atoms with Crippen LogP contribution in [0.5, 0.6) is 5.75 Å². The first-order chi connectivity index (χ1) is 14.5. The van der Waals surface area contributed by atoms with E-state index in [2.05, 4.69) is 22.6 Å². The molecule has 7 heteroatoms. The van der Waals surface area contributed by atoms with Crippen molar-refractivity contribution >= 4 is 29.3 Å². The number of anilines is 1. The molecule has 1 unspecified atom stereocenters. The Labute approximate surface area is 180 Å². The number of nitrogens with zero attached hydrogens (tertiary/aromatic N) is 1. The number of para-hydroxylation sites is 1. The molecule has 30 heavy (non-hydrogen) atoms. The third-order valence-electron chi connectivity index (χ3n) is 6.28. The van der Waals surface area contributed by atoms with Crippen LogP contribution < -0.4 is 15.4 Å². The van der Waals surface area contributed by atoms with Gasteiger partial charge in [0.15, 0.2) is 0 Å². The number of carbonyl (C=O) groups excluding carboxylic acids is 2. The van der Waals surface area contributed by atoms with Crippen LogP contribution in [0.2, 0.25) is 0 Å². The molecule has 3 aliphatic heterocycles. The summed E-state index contributed by atoms with van der Waals surface area (Å²) < 4.78 is 6.48. The van der Waals surface area contributed by atoms with Gasteiger partial charge in [0.05, 0.1) is 17.5 Å². The fraction of sp³-hybridized carbons (Fsp3) is 0.391. The first-order valence-electron chi connectivity index (χ1n) is 10.4. The van der Waals surface area contributed by atoms with Gasteiger partial charge in [0.1, 0.15) is 11.4 Å². The molecule has 3 heterocycles. The van der Waals surface area contributed by atoms with Gasteiger partial charge in [-0.15, -0.1) is 11.8 Å². The maximum Gasteiger partial charge on any atom is 0.251 e. The topological polar surface area (TPSA) is 70.7 Å². The van der Waals surface area contributed by atoms with Crippen molar-refractivity contribution in [2.45, 2.75) is 35.8 Å². The molecule has 6 nitrogen and oxygen atoms in total. The van der Waals surface area contributed by atoms with E-state index in [0.717, 1.165) is 48.6 Å². The number of fused-ring (bicyclic) bond motifs is 2. The summed E-state index contributed by atoms with van der Waals surface area (Å²) in [6, 6.07) is 13.4. The molecule has 2 N–H and O–H groups in total. The number of rotatable bonds is 2. The number of benzene rings is 2. The number of nitrogens with one attached hydrogen (secondary N) is 2. The molecular weight excluding hydrogens is 398 g/mol. The number of piperidine rings is 1. The first kappa shape index (κ1) is 19.5. The lowest BCUT2D eigenvalue weighted by atomic mass is 9.80. The molecule has 1 atom stereocenters. The molecule has 0 bridgehead atoms. The van der Waals surface area contributed by atoms with Crippen molar-refractivity contribution in [3.8, 4) is 5.75 Å². The van der Waals surface area contributed by atoms with Gasteiger partial charge in [0, 0.05) is 35.5 Å². The Hall–Kier alpha value is -2.51. The highest BCUT2D eigenvalue weighted by Crippen LogP contribution is 2.44. The molecule has 2 aromatic rings. The average Bonchev–Trinajstić information content (AvgIpc) is 2.75. The van der Waals surface area contributed by atoms with Crippen LogP contribution in [0.4, 0.5) is 5.69 Å². The molecule has 1 saturated heterocycles. The Bertz CT molecular complexity index is 1000. The molecule has 1 fully saturated rings. The summed E-state index contributed by atoms with van der Waals surface area (Å²) in [5, 5.41) is 6.10. The predicted octanol–water partition coefficient (Wildman–Crippen LogP) is 3.45. The summed E-state index contributed by atoms with van der Waals surface area (Å²) in [5.41, 5.74) is 2.05. The largest absolute Gasteiger partial charge is 0.487 e. The second-order valence-corrected chi connectivity index (χ2v) is 9.42. The van der Waals surface area contributed by atoms with Gasteiger partial charge in [0.2, 0.25) is 5.91 Å². The van der Waals surface area contributed by atoms with Gasteiger partial charge >= 0.3 is 0 Å². The van der Waals surface area contributed by atoms with E-state index < -0.39 is 0 Å². The van der Waals surface area contributed by atoms with Crippen LogP contribution in [-0.4, -0.2) is 48.2 Å². The third kappa shape index (κ3) is 3.68. The summed E-state index contributed by atoms with van der Waals surface area (Å²) in [6.07, 6.45) is 2.67. The Balaban J connectivity index is 1.40. The molecule has 1 spiro atoms. The first-order valence-corrected chi connectivity index (χ1v) is 11.3. The van der Waals surface area contributed by atoms with E-state index in [9.17, 15) is 9.59 Å². The molecule has 5 rings (SSSR count). The van der Waals surface area contributed by atoms with Crippen molar-refractivity contribution in [1.29, 1.82) is 0 Å². The number of amides is 2. The van der Waals surface area contributed by atoms with Crippen LogP contribution in [-0.2, 0) is 4.79 Å². The van der Waals surface area contributed by atoms with Gasteiger partial charge in [-0.2, -0.15) is 0 Å². The summed E-state index contributed by atoms with van der Waals surface area (Å²) >= 11 is 1.49. The monoisotopic (exact) mass is 423 g/mol. The zero-order valence-corrected chi connectivity index (χ0v) is 17.8. The van der Waals surface area contributed by atoms with Crippen LogP contribution in [0.25, 0.3) is 0 Å². The number of likely N-dealkylation sites (tertiary alicyclic amines) is 1. The minimum Gasteiger partial charge on any atom is -0.487 e. The Kier molecular flexibility index (Phi) is 4.95. The Morgan fingerprint density at radius 3 is 2.87 bits per heavy atom. The normalized spacial score (nSPS) is 22.4. The smallest absolute Gasteiger partial charge is 0.251 e. The molecule has 0 saturated carbocycles. The van der Waals surface area contributed by atoms with E-state index in [1.807, 2.05) is 36.4 Å². The minimum atomic E-state index is -0.237. The van der Waals surface area contributed by atoms with E-state index >= 15 is 0 Å². The number of thioether (sulfide) groups is 1. The van der Waals surface area contributed by atoms with Crippen molar-refractivity contribution in [2.75, 3.05) is 31.2 Å². The molecule has 0 radical (unpaired) electrons. The highest BCUT2D eigenvalue weighted by atomic mass is 32.2. The third-order valence-corrected chi connectivity index (χ3v) is 7.35. The number of hydrogen-bond acceptors (Lipinski definition) is 5. The number of hydrogen-bond donors (Lipinski definition) is 2. The summed E-state index contributed by atoms with van der Waals surface area (Å²) in [7, 11) is 2.13. The van der Waals surface area contributed by atoms with Crippen LogP contribution in [0.1, 0.15) is 41.2 Å². The number of carbonyl (C=O) groups is 2. The van der Waals surface area contributed by atoms with Crippen molar-refractivity contribution in [3.63, 3.8) is 0 Å². The van der Waals surface area contributed by atoms with Crippen molar-refractivity contribution in [2.24, 2.45) is 0 Å². The van der Waals surface area contributed by atoms with E-state index in [1.54, 1.807) is 6.07 Å². The van der Waals surface area contributed by atoms with Crippen LogP contribution in [0.15, 0.2) is 47.4 Å². The SMILES string of the molecule is CN1CCC2(CC1)CC(NC(=O)c1ccc3c(c1)NC(=O)CS3)c1ccccc1O2. The van der Waals surface area contributed by atoms with Gasteiger partial charge < -0.3 is 20.3 Å². The lowest BCUT2D eigenvalue weighted by Crippen LogP contribution is -2.51. The molecule has 0 aromatic heterocycles. The van der Waals surface area contributed by atoms with E-state index in [1.165, 1.54) is 11.8 Å². The lowest BCUT2D eigenvalue weighted by Gasteiger charge is -2.46. The molecule has 2 aromatic carbocycles. The highest BCUT2D eigenvalue weighted by molar-refractivity contribution is 8.00. The molecule has 156 valence electrons. The van der Waals surface area contributed by atoms with Crippen LogP contribution in [0, 0.1) is 0 Å². The molecule has 3 aliphatic rings. The lowest BCUT2D eigenvalue weighted by molar-refractivity contribution is -0.113. The fourth-order valence-corrected chi connectivity index (χ4v) is 5.33. The maximum atomic E-state index is 13.1. The van der Waals surface area contributed by atoms with Crippen molar-refractivity contribution in [3.05, 3.63) is 53.6 Å². The maximum absolute atomic E-state index is 13.1. The molecule has 2 amide bonds. The van der Waals surface area contributed by atoms with E-state index in [0.29, 0.717) is 17.0 Å². The fourth-order valence-electron chi connectivity index (χ4n) is 4.55. The van der Waals surface area contributed by atoms with Gasteiger partial charge in [-0.25, -0.2) is 0 Å².